The van der Waals surface area contributed by atoms with E-state index in [0.29, 0.717) is 21.3 Å². The Morgan fingerprint density at radius 1 is 1.32 bits per heavy atom. The van der Waals surface area contributed by atoms with Crippen LogP contribution in [0, 0.1) is 6.92 Å². The summed E-state index contributed by atoms with van der Waals surface area (Å²) in [4.78, 5) is 26.9. The summed E-state index contributed by atoms with van der Waals surface area (Å²) in [6.45, 7) is 3.78. The number of aromatic nitrogens is 1. The monoisotopic (exact) mass is 363 g/mol. The number of carbonyl (C=O) groups is 2. The number of nitrogens with zero attached hydrogens (tertiary/aromatic N) is 1. The summed E-state index contributed by atoms with van der Waals surface area (Å²) in [7, 11) is 0. The van der Waals surface area contributed by atoms with Crippen LogP contribution in [0.25, 0.3) is 0 Å². The lowest BCUT2D eigenvalue weighted by Gasteiger charge is -2.09. The van der Waals surface area contributed by atoms with Gasteiger partial charge in [0.2, 0.25) is 5.88 Å². The van der Waals surface area contributed by atoms with Crippen LogP contribution in [-0.4, -0.2) is 23.8 Å². The number of aryl methyl sites for hydroxylation is 1. The van der Waals surface area contributed by atoms with Crippen LogP contribution in [0.5, 0.6) is 11.6 Å². The second-order valence-corrected chi connectivity index (χ2v) is 5.29. The smallest absolute Gasteiger partial charge is 0.357 e. The van der Waals surface area contributed by atoms with E-state index in [1.807, 2.05) is 0 Å². The highest BCUT2D eigenvalue weighted by molar-refractivity contribution is 9.10. The van der Waals surface area contributed by atoms with Crippen LogP contribution in [0.2, 0.25) is 0 Å². The first-order chi connectivity index (χ1) is 10.5. The molecule has 0 fully saturated rings. The Balaban J connectivity index is 2.28. The van der Waals surface area contributed by atoms with Gasteiger partial charge in [-0.3, -0.25) is 4.79 Å². The summed E-state index contributed by atoms with van der Waals surface area (Å²) < 4.78 is 11.2. The van der Waals surface area contributed by atoms with Crippen molar-refractivity contribution in [3.63, 3.8) is 0 Å². The van der Waals surface area contributed by atoms with E-state index in [9.17, 15) is 9.59 Å². The zero-order valence-corrected chi connectivity index (χ0v) is 13.7. The zero-order valence-electron chi connectivity index (χ0n) is 12.1. The lowest BCUT2D eigenvalue weighted by atomic mass is 10.2. The van der Waals surface area contributed by atoms with Gasteiger partial charge >= 0.3 is 5.97 Å². The first-order valence-electron chi connectivity index (χ1n) is 6.62. The minimum absolute atomic E-state index is 0.215. The normalized spacial score (nSPS) is 10.1. The summed E-state index contributed by atoms with van der Waals surface area (Å²) in [6.07, 6.45) is 0.726. The average molecular weight is 364 g/mol. The van der Waals surface area contributed by atoms with Crippen molar-refractivity contribution in [1.82, 2.24) is 4.98 Å². The molecule has 0 aliphatic rings. The van der Waals surface area contributed by atoms with E-state index >= 15 is 0 Å². The number of hydrogen-bond donors (Lipinski definition) is 0. The highest BCUT2D eigenvalue weighted by Crippen LogP contribution is 2.25. The molecule has 114 valence electrons. The maximum Gasteiger partial charge on any atom is 0.357 e. The number of benzene rings is 1. The molecule has 0 aliphatic carbocycles. The molecule has 2 aromatic rings. The molecule has 0 N–H and O–H groups in total. The average Bonchev–Trinajstić information content (AvgIpc) is 2.51. The molecule has 5 nitrogen and oxygen atoms in total. The Morgan fingerprint density at radius 3 is 2.77 bits per heavy atom. The van der Waals surface area contributed by atoms with Gasteiger partial charge in [0.15, 0.2) is 12.0 Å². The lowest BCUT2D eigenvalue weighted by Crippen LogP contribution is -2.09. The maximum atomic E-state index is 11.8. The number of carbonyl (C=O) groups excluding carboxylic acids is 2. The number of halogens is 1. The highest BCUT2D eigenvalue weighted by Gasteiger charge is 2.14. The third-order valence-corrected chi connectivity index (χ3v) is 3.58. The van der Waals surface area contributed by atoms with Gasteiger partial charge in [-0.1, -0.05) is 22.0 Å². The van der Waals surface area contributed by atoms with Gasteiger partial charge in [0.1, 0.15) is 5.75 Å². The summed E-state index contributed by atoms with van der Waals surface area (Å²) in [5.74, 6) is 0.221. The minimum Gasteiger partial charge on any atom is -0.461 e. The fourth-order valence-corrected chi connectivity index (χ4v) is 2.11. The van der Waals surface area contributed by atoms with Crippen LogP contribution in [0.3, 0.4) is 0 Å². The van der Waals surface area contributed by atoms with Gasteiger partial charge in [-0.25, -0.2) is 9.78 Å². The molecule has 1 aromatic carbocycles. The Kier molecular flexibility index (Phi) is 5.27. The third kappa shape index (κ3) is 3.71. The summed E-state index contributed by atoms with van der Waals surface area (Å²) in [5, 5.41) is 0. The number of esters is 1. The first kappa shape index (κ1) is 16.2. The Labute approximate surface area is 136 Å². The quantitative estimate of drug-likeness (QED) is 0.594. The number of ether oxygens (including phenoxy) is 2. The molecule has 1 aromatic heterocycles. The molecule has 0 saturated carbocycles. The molecule has 0 unspecified atom stereocenters. The molecular weight excluding hydrogens is 350 g/mol. The number of aldehydes is 1. The van der Waals surface area contributed by atoms with Crippen molar-refractivity contribution < 1.29 is 19.1 Å². The predicted molar refractivity (Wildman–Crippen MR) is 84.5 cm³/mol. The Bertz CT molecular complexity index is 715. The summed E-state index contributed by atoms with van der Waals surface area (Å²) >= 11 is 3.27. The molecule has 0 aliphatic heterocycles. The number of hydrogen-bond acceptors (Lipinski definition) is 5. The van der Waals surface area contributed by atoms with Crippen LogP contribution < -0.4 is 4.74 Å². The zero-order chi connectivity index (χ0) is 16.1. The fourth-order valence-electron chi connectivity index (χ4n) is 1.77. The van der Waals surface area contributed by atoms with Crippen molar-refractivity contribution in [2.75, 3.05) is 6.61 Å². The van der Waals surface area contributed by atoms with E-state index in [-0.39, 0.29) is 18.2 Å². The third-order valence-electron chi connectivity index (χ3n) is 2.86. The van der Waals surface area contributed by atoms with E-state index in [1.165, 1.54) is 0 Å². The predicted octanol–water partition coefficient (Wildman–Crippen LogP) is 3.93. The van der Waals surface area contributed by atoms with Crippen LogP contribution in [0.4, 0.5) is 0 Å². The van der Waals surface area contributed by atoms with E-state index in [2.05, 4.69) is 20.9 Å². The summed E-state index contributed by atoms with van der Waals surface area (Å²) in [5.41, 5.74) is 1.39. The van der Waals surface area contributed by atoms with E-state index < -0.39 is 5.97 Å². The molecule has 0 bridgehead atoms. The molecule has 1 heterocycles. The van der Waals surface area contributed by atoms with Gasteiger partial charge in [-0.2, -0.15) is 0 Å². The van der Waals surface area contributed by atoms with Crippen molar-refractivity contribution in [3.8, 4) is 11.6 Å². The molecule has 22 heavy (non-hydrogen) atoms. The SMILES string of the molecule is CCOC(=O)c1nc(Oc2ccc(Br)c(C=O)c2)ccc1C. The maximum absolute atomic E-state index is 11.8. The molecule has 0 saturated heterocycles. The molecule has 0 radical (unpaired) electrons. The van der Waals surface area contributed by atoms with Gasteiger partial charge in [0, 0.05) is 16.1 Å². The second kappa shape index (κ2) is 7.17. The van der Waals surface area contributed by atoms with Gasteiger partial charge in [0.05, 0.1) is 6.61 Å². The molecule has 0 amide bonds. The van der Waals surface area contributed by atoms with Gasteiger partial charge in [-0.05, 0) is 37.6 Å². The van der Waals surface area contributed by atoms with Crippen LogP contribution in [-0.2, 0) is 4.74 Å². The highest BCUT2D eigenvalue weighted by atomic mass is 79.9. The minimum atomic E-state index is -0.491. The molecule has 0 spiro atoms. The molecular formula is C16H14BrNO4. The Hall–Kier alpha value is -2.21. The van der Waals surface area contributed by atoms with Gasteiger partial charge in [-0.15, -0.1) is 0 Å². The van der Waals surface area contributed by atoms with E-state index in [0.717, 1.165) is 6.29 Å². The van der Waals surface area contributed by atoms with E-state index in [1.54, 1.807) is 44.2 Å². The van der Waals surface area contributed by atoms with E-state index in [4.69, 9.17) is 9.47 Å². The van der Waals surface area contributed by atoms with Crippen molar-refractivity contribution in [1.29, 1.82) is 0 Å². The van der Waals surface area contributed by atoms with Crippen molar-refractivity contribution in [2.45, 2.75) is 13.8 Å². The van der Waals surface area contributed by atoms with Crippen molar-refractivity contribution >= 4 is 28.2 Å². The lowest BCUT2D eigenvalue weighted by molar-refractivity contribution is 0.0517. The fraction of sp³-hybridized carbons (Fsp3) is 0.188. The number of rotatable bonds is 5. The first-order valence-corrected chi connectivity index (χ1v) is 7.41. The van der Waals surface area contributed by atoms with Crippen LogP contribution in [0.1, 0.15) is 33.3 Å². The molecule has 6 heteroatoms. The largest absolute Gasteiger partial charge is 0.461 e. The molecule has 2 rings (SSSR count). The molecule has 0 atom stereocenters. The van der Waals surface area contributed by atoms with Crippen LogP contribution >= 0.6 is 15.9 Å². The summed E-state index contributed by atoms with van der Waals surface area (Å²) in [6, 6.07) is 8.37. The number of pyridine rings is 1. The van der Waals surface area contributed by atoms with Gasteiger partial charge in [0.25, 0.3) is 0 Å². The topological polar surface area (TPSA) is 65.5 Å². The van der Waals surface area contributed by atoms with Crippen molar-refractivity contribution in [2.24, 2.45) is 0 Å². The van der Waals surface area contributed by atoms with Crippen molar-refractivity contribution in [3.05, 3.63) is 51.6 Å². The van der Waals surface area contributed by atoms with Gasteiger partial charge < -0.3 is 9.47 Å². The Morgan fingerprint density at radius 2 is 2.09 bits per heavy atom. The standard InChI is InChI=1S/C16H14BrNO4/c1-3-21-16(20)15-10(2)4-7-14(18-15)22-12-5-6-13(17)11(8-12)9-19/h4-9H,3H2,1-2H3. The second-order valence-electron chi connectivity index (χ2n) is 4.44. The van der Waals surface area contributed by atoms with Crippen LogP contribution in [0.15, 0.2) is 34.8 Å².